The van der Waals surface area contributed by atoms with Crippen LogP contribution in [0.1, 0.15) is 0 Å². The molecule has 8 N–H and O–H groups in total. The number of hydrogen-bond donors (Lipinski definition) is 8. The van der Waals surface area contributed by atoms with E-state index in [2.05, 4.69) is 9.47 Å². The lowest BCUT2D eigenvalue weighted by atomic mass is 10.0. The summed E-state index contributed by atoms with van der Waals surface area (Å²) in [7, 11) is 0. The molecule has 0 fully saturated rings. The van der Waals surface area contributed by atoms with Gasteiger partial charge in [0.1, 0.15) is 24.9 Å². The topological polar surface area (TPSA) is 232 Å². The van der Waals surface area contributed by atoms with Crippen LogP contribution in [0.4, 0.5) is 0 Å². The van der Waals surface area contributed by atoms with Gasteiger partial charge in [-0.2, -0.15) is 0 Å². The maximum Gasteiger partial charge on any atom is 0.377 e. The van der Waals surface area contributed by atoms with Crippen molar-refractivity contribution in [1.29, 1.82) is 0 Å². The Morgan fingerprint density at radius 3 is 2.00 bits per heavy atom. The fraction of sp³-hybridized carbons (Fsp3) is 0.583. The third kappa shape index (κ3) is 4.55. The molecule has 1 heterocycles. The first kappa shape index (κ1) is 20.6. The van der Waals surface area contributed by atoms with Crippen LogP contribution in [0.15, 0.2) is 11.5 Å². The SMILES string of the molecule is O=C1O[C@H]([C@@H](O)COC(=O)[C@H](O)[C@@H](O)[C@H](O)[C@H](O)C(=O)O)C(O)=C1O. The van der Waals surface area contributed by atoms with Gasteiger partial charge in [0.2, 0.25) is 5.76 Å². The number of ether oxygens (including phenoxy) is 2. The zero-order chi connectivity index (χ0) is 19.5. The molecular weight excluding hydrogens is 352 g/mol. The largest absolute Gasteiger partial charge is 0.505 e. The second-order valence-electron chi connectivity index (χ2n) is 4.97. The first-order valence-electron chi connectivity index (χ1n) is 6.61. The molecular formula is C12H16O13. The van der Waals surface area contributed by atoms with Crippen LogP contribution in [0.3, 0.4) is 0 Å². The zero-order valence-corrected chi connectivity index (χ0v) is 12.3. The van der Waals surface area contributed by atoms with E-state index in [1.54, 1.807) is 0 Å². The van der Waals surface area contributed by atoms with E-state index in [0.717, 1.165) is 0 Å². The minimum Gasteiger partial charge on any atom is -0.505 e. The highest BCUT2D eigenvalue weighted by molar-refractivity contribution is 5.89. The van der Waals surface area contributed by atoms with Gasteiger partial charge in [0.15, 0.2) is 24.1 Å². The Balaban J connectivity index is 2.58. The molecule has 0 amide bonds. The molecule has 1 aliphatic heterocycles. The normalized spacial score (nSPS) is 23.4. The number of carbonyl (C=O) groups excluding carboxylic acids is 2. The molecule has 6 atom stereocenters. The summed E-state index contributed by atoms with van der Waals surface area (Å²) in [5, 5.41) is 73.6. The summed E-state index contributed by atoms with van der Waals surface area (Å²) in [6.45, 7) is -0.977. The Bertz CT molecular complexity index is 569. The lowest BCUT2D eigenvalue weighted by molar-refractivity contribution is -0.179. The predicted molar refractivity (Wildman–Crippen MR) is 70.8 cm³/mol. The Labute approximate surface area is 138 Å². The fourth-order valence-corrected chi connectivity index (χ4v) is 1.73. The summed E-state index contributed by atoms with van der Waals surface area (Å²) < 4.78 is 8.74. The molecule has 25 heavy (non-hydrogen) atoms. The quantitative estimate of drug-likeness (QED) is 0.190. The molecule has 0 bridgehead atoms. The van der Waals surface area contributed by atoms with Crippen molar-refractivity contribution in [2.45, 2.75) is 36.6 Å². The second kappa shape index (κ2) is 8.09. The van der Waals surface area contributed by atoms with E-state index in [0.29, 0.717) is 0 Å². The lowest BCUT2D eigenvalue weighted by Gasteiger charge is -2.24. The zero-order valence-electron chi connectivity index (χ0n) is 12.3. The van der Waals surface area contributed by atoms with Crippen molar-refractivity contribution in [1.82, 2.24) is 0 Å². The summed E-state index contributed by atoms with van der Waals surface area (Å²) in [5.41, 5.74) is 0. The number of aliphatic hydroxyl groups excluding tert-OH is 7. The molecule has 0 spiro atoms. The minimum absolute atomic E-state index is 0.977. The predicted octanol–water partition coefficient (Wildman–Crippen LogP) is -4.33. The van der Waals surface area contributed by atoms with Crippen molar-refractivity contribution in [3.05, 3.63) is 11.5 Å². The Kier molecular flexibility index (Phi) is 6.66. The van der Waals surface area contributed by atoms with Gasteiger partial charge in [0, 0.05) is 0 Å². The van der Waals surface area contributed by atoms with Gasteiger partial charge in [-0.1, -0.05) is 0 Å². The fourth-order valence-electron chi connectivity index (χ4n) is 1.73. The smallest absolute Gasteiger partial charge is 0.377 e. The van der Waals surface area contributed by atoms with Gasteiger partial charge < -0.3 is 50.3 Å². The number of rotatable bonds is 8. The Morgan fingerprint density at radius 1 is 1.04 bits per heavy atom. The number of carboxylic acids is 1. The van der Waals surface area contributed by atoms with Gasteiger partial charge in [-0.3, -0.25) is 0 Å². The van der Waals surface area contributed by atoms with E-state index in [1.807, 2.05) is 0 Å². The van der Waals surface area contributed by atoms with Crippen LogP contribution >= 0.6 is 0 Å². The molecule has 1 rings (SSSR count). The number of carbonyl (C=O) groups is 3. The highest BCUT2D eigenvalue weighted by Gasteiger charge is 2.41. The van der Waals surface area contributed by atoms with Crippen molar-refractivity contribution in [2.75, 3.05) is 6.61 Å². The lowest BCUT2D eigenvalue weighted by Crippen LogP contribution is -2.50. The molecule has 13 nitrogen and oxygen atoms in total. The maximum atomic E-state index is 11.5. The molecule has 0 saturated carbocycles. The number of aliphatic hydroxyl groups is 7. The number of carboxylic acid groups (broad SMARTS) is 1. The molecule has 0 radical (unpaired) electrons. The van der Waals surface area contributed by atoms with E-state index in [4.69, 9.17) is 15.3 Å². The first-order chi connectivity index (χ1) is 11.5. The van der Waals surface area contributed by atoms with Crippen LogP contribution in [-0.4, -0.2) is 102 Å². The highest BCUT2D eigenvalue weighted by atomic mass is 16.6. The average molecular weight is 368 g/mol. The van der Waals surface area contributed by atoms with E-state index in [1.165, 1.54) is 0 Å². The first-order valence-corrected chi connectivity index (χ1v) is 6.61. The number of esters is 2. The van der Waals surface area contributed by atoms with Crippen LogP contribution in [0, 0.1) is 0 Å². The van der Waals surface area contributed by atoms with Gasteiger partial charge in [-0.05, 0) is 0 Å². The number of aliphatic carboxylic acids is 1. The van der Waals surface area contributed by atoms with Crippen molar-refractivity contribution >= 4 is 17.9 Å². The molecule has 13 heteroatoms. The van der Waals surface area contributed by atoms with Crippen molar-refractivity contribution in [3.8, 4) is 0 Å². The van der Waals surface area contributed by atoms with Gasteiger partial charge in [0.25, 0.3) is 0 Å². The van der Waals surface area contributed by atoms with Crippen LogP contribution in [-0.2, 0) is 23.9 Å². The maximum absolute atomic E-state index is 11.5. The molecule has 0 aromatic rings. The molecule has 0 aromatic carbocycles. The van der Waals surface area contributed by atoms with Gasteiger partial charge >= 0.3 is 17.9 Å². The standard InChI is InChI=1S/C12H16O13/c13-2(9-5(16)8(19)12(23)25-9)1-24-11(22)7(18)4(15)3(14)6(17)10(20)21/h2-4,6-7,9,13-19H,1H2,(H,20,21)/t2-,3-,4-,6-,7+,9+/m0/s1. The summed E-state index contributed by atoms with van der Waals surface area (Å²) in [6, 6.07) is 0. The van der Waals surface area contributed by atoms with E-state index < -0.39 is 72.7 Å². The van der Waals surface area contributed by atoms with E-state index in [9.17, 15) is 39.9 Å². The van der Waals surface area contributed by atoms with E-state index >= 15 is 0 Å². The number of cyclic esters (lactones) is 1. The molecule has 0 unspecified atom stereocenters. The molecule has 1 aliphatic rings. The molecule has 0 aliphatic carbocycles. The molecule has 0 aromatic heterocycles. The van der Waals surface area contributed by atoms with Gasteiger partial charge in [-0.15, -0.1) is 0 Å². The van der Waals surface area contributed by atoms with Crippen molar-refractivity contribution in [3.63, 3.8) is 0 Å². The Morgan fingerprint density at radius 2 is 1.56 bits per heavy atom. The van der Waals surface area contributed by atoms with Crippen LogP contribution in [0.2, 0.25) is 0 Å². The van der Waals surface area contributed by atoms with Gasteiger partial charge in [-0.25, -0.2) is 14.4 Å². The van der Waals surface area contributed by atoms with Crippen LogP contribution in [0.25, 0.3) is 0 Å². The van der Waals surface area contributed by atoms with Crippen molar-refractivity contribution in [2.24, 2.45) is 0 Å². The molecule has 0 saturated heterocycles. The Hall–Kier alpha value is -2.45. The second-order valence-corrected chi connectivity index (χ2v) is 4.97. The highest BCUT2D eigenvalue weighted by Crippen LogP contribution is 2.21. The van der Waals surface area contributed by atoms with Crippen LogP contribution in [0.5, 0.6) is 0 Å². The monoisotopic (exact) mass is 368 g/mol. The van der Waals surface area contributed by atoms with Crippen LogP contribution < -0.4 is 0 Å². The third-order valence-corrected chi connectivity index (χ3v) is 3.18. The van der Waals surface area contributed by atoms with Gasteiger partial charge in [0.05, 0.1) is 0 Å². The summed E-state index contributed by atoms with van der Waals surface area (Å²) in [5.74, 6) is -7.02. The average Bonchev–Trinajstić information content (AvgIpc) is 2.83. The number of hydrogen-bond acceptors (Lipinski definition) is 12. The molecule has 142 valence electrons. The summed E-state index contributed by atoms with van der Waals surface area (Å²) in [4.78, 5) is 32.9. The summed E-state index contributed by atoms with van der Waals surface area (Å²) >= 11 is 0. The summed E-state index contributed by atoms with van der Waals surface area (Å²) in [6.07, 6.45) is -13.4. The minimum atomic E-state index is -2.49. The third-order valence-electron chi connectivity index (χ3n) is 3.18. The van der Waals surface area contributed by atoms with E-state index in [-0.39, 0.29) is 0 Å². The van der Waals surface area contributed by atoms with Crippen molar-refractivity contribution < 1.29 is 64.7 Å².